The fraction of sp³-hybridized carbons (Fsp3) is 0.231. The summed E-state index contributed by atoms with van der Waals surface area (Å²) in [5.74, 6) is 0. The van der Waals surface area contributed by atoms with Crippen LogP contribution < -0.4 is 0 Å². The van der Waals surface area contributed by atoms with Gasteiger partial charge in [0, 0.05) is 18.7 Å². The van der Waals surface area contributed by atoms with E-state index in [1.807, 2.05) is 0 Å². The molecule has 4 rings (SSSR count). The molecule has 0 spiro atoms. The van der Waals surface area contributed by atoms with Crippen molar-refractivity contribution in [1.29, 1.82) is 0 Å². The zero-order valence-corrected chi connectivity index (χ0v) is 16.1. The first-order valence-corrected chi connectivity index (χ1v) is 10.00. The van der Waals surface area contributed by atoms with Crippen LogP contribution in [0.15, 0.2) is 84.9 Å². The first kappa shape index (κ1) is 17.6. The Balaban J connectivity index is 1.98. The highest BCUT2D eigenvalue weighted by molar-refractivity contribution is 5.97. The van der Waals surface area contributed by atoms with Crippen molar-refractivity contribution in [2.45, 2.75) is 26.2 Å². The monoisotopic (exact) mass is 353 g/mol. The van der Waals surface area contributed by atoms with Gasteiger partial charge in [0.15, 0.2) is 0 Å². The van der Waals surface area contributed by atoms with Crippen LogP contribution in [0.4, 0.5) is 0 Å². The van der Waals surface area contributed by atoms with Crippen molar-refractivity contribution in [1.82, 2.24) is 4.90 Å². The Morgan fingerprint density at radius 3 is 1.70 bits per heavy atom. The van der Waals surface area contributed by atoms with Crippen molar-refractivity contribution < 1.29 is 0 Å². The molecule has 0 bridgehead atoms. The molecule has 1 fully saturated rings. The predicted molar refractivity (Wildman–Crippen MR) is 115 cm³/mol. The summed E-state index contributed by atoms with van der Waals surface area (Å²) in [7, 11) is 0. The summed E-state index contributed by atoms with van der Waals surface area (Å²) < 4.78 is 0. The lowest BCUT2D eigenvalue weighted by Gasteiger charge is -2.34. The Labute approximate surface area is 163 Å². The molecule has 1 heterocycles. The summed E-state index contributed by atoms with van der Waals surface area (Å²) >= 11 is 0. The molecule has 0 amide bonds. The van der Waals surface area contributed by atoms with Gasteiger partial charge in [0.2, 0.25) is 0 Å². The van der Waals surface area contributed by atoms with Gasteiger partial charge < -0.3 is 4.90 Å². The third-order valence-electron chi connectivity index (χ3n) is 5.36. The zero-order valence-electron chi connectivity index (χ0n) is 16.1. The average Bonchev–Trinajstić information content (AvgIpc) is 2.75. The molecule has 0 atom stereocenters. The summed E-state index contributed by atoms with van der Waals surface area (Å²) in [6, 6.07) is 30.7. The Morgan fingerprint density at radius 1 is 0.593 bits per heavy atom. The van der Waals surface area contributed by atoms with Crippen LogP contribution in [0.3, 0.4) is 0 Å². The third kappa shape index (κ3) is 3.98. The Kier molecular flexibility index (Phi) is 5.39. The number of aryl methyl sites for hydroxylation is 1. The second kappa shape index (κ2) is 8.26. The van der Waals surface area contributed by atoms with Crippen LogP contribution in [0.2, 0.25) is 0 Å². The number of hydrogen-bond donors (Lipinski definition) is 0. The van der Waals surface area contributed by atoms with Gasteiger partial charge in [-0.3, -0.25) is 0 Å². The maximum Gasteiger partial charge on any atom is 0.0525 e. The number of likely N-dealkylation sites (tertiary alicyclic amines) is 1. The van der Waals surface area contributed by atoms with Crippen molar-refractivity contribution in [3.8, 4) is 0 Å². The van der Waals surface area contributed by atoms with Gasteiger partial charge in [0.25, 0.3) is 0 Å². The highest BCUT2D eigenvalue weighted by Gasteiger charge is 2.21. The van der Waals surface area contributed by atoms with Crippen LogP contribution in [0.5, 0.6) is 0 Å². The molecule has 1 saturated heterocycles. The zero-order chi connectivity index (χ0) is 18.5. The van der Waals surface area contributed by atoms with E-state index in [1.165, 1.54) is 52.8 Å². The van der Waals surface area contributed by atoms with E-state index in [1.54, 1.807) is 0 Å². The smallest absolute Gasteiger partial charge is 0.0525 e. The summed E-state index contributed by atoms with van der Waals surface area (Å²) in [5, 5.41) is 0. The molecule has 0 aliphatic carbocycles. The van der Waals surface area contributed by atoms with Crippen molar-refractivity contribution in [2.75, 3.05) is 13.1 Å². The number of piperidine rings is 1. The van der Waals surface area contributed by atoms with Crippen LogP contribution >= 0.6 is 0 Å². The van der Waals surface area contributed by atoms with Gasteiger partial charge in [-0.25, -0.2) is 0 Å². The topological polar surface area (TPSA) is 3.24 Å². The quantitative estimate of drug-likeness (QED) is 0.491. The maximum atomic E-state index is 2.60. The summed E-state index contributed by atoms with van der Waals surface area (Å²) in [6.07, 6.45) is 3.88. The highest BCUT2D eigenvalue weighted by Crippen LogP contribution is 2.36. The fourth-order valence-corrected chi connectivity index (χ4v) is 3.96. The standard InChI is InChI=1S/C26H27N/c1-21-15-17-23(18-16-21)25(22-11-5-2-6-12-22)26(24-13-7-3-8-14-24)27-19-9-4-10-20-27/h2-3,5-8,11-18H,4,9-10,19-20H2,1H3/b26-25-. The Morgan fingerprint density at radius 2 is 1.11 bits per heavy atom. The van der Waals surface area contributed by atoms with Crippen molar-refractivity contribution in [3.63, 3.8) is 0 Å². The third-order valence-corrected chi connectivity index (χ3v) is 5.36. The molecule has 0 unspecified atom stereocenters. The second-order valence-electron chi connectivity index (χ2n) is 7.37. The van der Waals surface area contributed by atoms with E-state index in [0.29, 0.717) is 0 Å². The fourth-order valence-electron chi connectivity index (χ4n) is 3.96. The first-order chi connectivity index (χ1) is 13.3. The minimum Gasteiger partial charge on any atom is -0.371 e. The summed E-state index contributed by atoms with van der Waals surface area (Å²) in [6.45, 7) is 4.41. The van der Waals surface area contributed by atoms with Gasteiger partial charge in [-0.05, 0) is 42.9 Å². The van der Waals surface area contributed by atoms with Gasteiger partial charge in [-0.2, -0.15) is 0 Å². The summed E-state index contributed by atoms with van der Waals surface area (Å²) in [5.41, 5.74) is 7.88. The van der Waals surface area contributed by atoms with Gasteiger partial charge >= 0.3 is 0 Å². The average molecular weight is 354 g/mol. The van der Waals surface area contributed by atoms with Crippen LogP contribution in [0.1, 0.15) is 41.5 Å². The molecule has 3 aromatic carbocycles. The molecular formula is C26H27N. The lowest BCUT2D eigenvalue weighted by Crippen LogP contribution is -2.29. The molecule has 1 heteroatoms. The van der Waals surface area contributed by atoms with Gasteiger partial charge in [0.05, 0.1) is 5.70 Å². The van der Waals surface area contributed by atoms with Crippen LogP contribution in [0.25, 0.3) is 11.3 Å². The molecule has 136 valence electrons. The largest absolute Gasteiger partial charge is 0.371 e. The number of rotatable bonds is 4. The molecule has 0 aromatic heterocycles. The molecule has 0 radical (unpaired) electrons. The second-order valence-corrected chi connectivity index (χ2v) is 7.37. The van der Waals surface area contributed by atoms with E-state index in [-0.39, 0.29) is 0 Å². The van der Waals surface area contributed by atoms with Crippen LogP contribution in [-0.4, -0.2) is 18.0 Å². The van der Waals surface area contributed by atoms with E-state index in [2.05, 4.69) is 96.8 Å². The molecule has 1 aliphatic rings. The van der Waals surface area contributed by atoms with Crippen LogP contribution in [0, 0.1) is 6.92 Å². The van der Waals surface area contributed by atoms with Crippen molar-refractivity contribution >= 4 is 11.3 Å². The van der Waals surface area contributed by atoms with E-state index in [0.717, 1.165) is 13.1 Å². The lowest BCUT2D eigenvalue weighted by molar-refractivity contribution is 0.326. The SMILES string of the molecule is Cc1ccc(/C(=C(/c2ccccc2)N2CCCCC2)c2ccccc2)cc1. The minimum atomic E-state index is 1.13. The first-order valence-electron chi connectivity index (χ1n) is 10.00. The van der Waals surface area contributed by atoms with Gasteiger partial charge in [0.1, 0.15) is 0 Å². The maximum absolute atomic E-state index is 2.60. The van der Waals surface area contributed by atoms with Gasteiger partial charge in [-0.1, -0.05) is 90.5 Å². The van der Waals surface area contributed by atoms with Crippen LogP contribution in [-0.2, 0) is 0 Å². The van der Waals surface area contributed by atoms with Crippen molar-refractivity contribution in [2.24, 2.45) is 0 Å². The molecular weight excluding hydrogens is 326 g/mol. The Bertz CT molecular complexity index is 886. The molecule has 1 nitrogen and oxygen atoms in total. The lowest BCUT2D eigenvalue weighted by atomic mass is 9.91. The van der Waals surface area contributed by atoms with Gasteiger partial charge in [-0.15, -0.1) is 0 Å². The van der Waals surface area contributed by atoms with E-state index < -0.39 is 0 Å². The molecule has 1 aliphatic heterocycles. The molecule has 0 N–H and O–H groups in total. The molecule has 3 aromatic rings. The molecule has 27 heavy (non-hydrogen) atoms. The van der Waals surface area contributed by atoms with E-state index >= 15 is 0 Å². The summed E-state index contributed by atoms with van der Waals surface area (Å²) in [4.78, 5) is 2.60. The number of hydrogen-bond acceptors (Lipinski definition) is 1. The normalized spacial score (nSPS) is 15.4. The number of benzene rings is 3. The highest BCUT2D eigenvalue weighted by atomic mass is 15.1. The molecule has 0 saturated carbocycles. The number of nitrogens with zero attached hydrogens (tertiary/aromatic N) is 1. The predicted octanol–water partition coefficient (Wildman–Crippen LogP) is 6.40. The van der Waals surface area contributed by atoms with E-state index in [4.69, 9.17) is 0 Å². The Hall–Kier alpha value is -2.80. The van der Waals surface area contributed by atoms with Crippen molar-refractivity contribution in [3.05, 3.63) is 107 Å². The minimum absolute atomic E-state index is 1.13. The van der Waals surface area contributed by atoms with E-state index in [9.17, 15) is 0 Å².